The van der Waals surface area contributed by atoms with E-state index in [9.17, 15) is 9.90 Å². The first-order valence-electron chi connectivity index (χ1n) is 6.16. The van der Waals surface area contributed by atoms with Gasteiger partial charge in [0, 0.05) is 5.92 Å². The smallest absolute Gasteiger partial charge is 0.335 e. The van der Waals surface area contributed by atoms with Crippen molar-refractivity contribution in [1.82, 2.24) is 0 Å². The number of esters is 1. The van der Waals surface area contributed by atoms with Crippen LogP contribution in [0.4, 0.5) is 0 Å². The van der Waals surface area contributed by atoms with Crippen LogP contribution in [0.15, 0.2) is 24.3 Å². The molecule has 1 N–H and O–H groups in total. The van der Waals surface area contributed by atoms with Gasteiger partial charge in [-0.15, -0.1) is 0 Å². The van der Waals surface area contributed by atoms with Crippen molar-refractivity contribution in [2.24, 2.45) is 0 Å². The average Bonchev–Trinajstić information content (AvgIpc) is 2.37. The van der Waals surface area contributed by atoms with Crippen LogP contribution in [0.1, 0.15) is 36.8 Å². The van der Waals surface area contributed by atoms with Crippen LogP contribution in [-0.2, 0) is 16.0 Å². The molecule has 0 fully saturated rings. The highest BCUT2D eigenvalue weighted by Gasteiger charge is 2.31. The van der Waals surface area contributed by atoms with Gasteiger partial charge in [-0.2, -0.15) is 0 Å². The molecule has 0 heterocycles. The Kier molecular flexibility index (Phi) is 3.79. The molecule has 0 aliphatic heterocycles. The molecule has 0 spiro atoms. The van der Waals surface area contributed by atoms with Gasteiger partial charge in [-0.1, -0.05) is 24.3 Å². The molecule has 0 amide bonds. The topological polar surface area (TPSA) is 46.5 Å². The minimum atomic E-state index is -1.03. The largest absolute Gasteiger partial charge is 0.464 e. The Labute approximate surface area is 101 Å². The predicted molar refractivity (Wildman–Crippen MR) is 64.8 cm³/mol. The number of carbonyl (C=O) groups excluding carboxylic acids is 1. The van der Waals surface area contributed by atoms with Gasteiger partial charge in [0.25, 0.3) is 0 Å². The summed E-state index contributed by atoms with van der Waals surface area (Å²) in [6.45, 7) is 2.06. The maximum absolute atomic E-state index is 11.6. The summed E-state index contributed by atoms with van der Waals surface area (Å²) in [6.07, 6.45) is 1.86. The zero-order chi connectivity index (χ0) is 12.3. The fraction of sp³-hybridized carbons (Fsp3) is 0.500. The minimum absolute atomic E-state index is 0.112. The normalized spacial score (nSPS) is 20.5. The number of carbonyl (C=O) groups is 1. The van der Waals surface area contributed by atoms with Crippen LogP contribution in [0.25, 0.3) is 0 Å². The van der Waals surface area contributed by atoms with Crippen molar-refractivity contribution in [3.63, 3.8) is 0 Å². The van der Waals surface area contributed by atoms with E-state index < -0.39 is 12.1 Å². The van der Waals surface area contributed by atoms with E-state index in [1.54, 1.807) is 6.92 Å². The van der Waals surface area contributed by atoms with E-state index in [0.717, 1.165) is 24.8 Å². The van der Waals surface area contributed by atoms with E-state index in [-0.39, 0.29) is 5.92 Å². The van der Waals surface area contributed by atoms with Crippen molar-refractivity contribution < 1.29 is 14.6 Å². The zero-order valence-corrected chi connectivity index (χ0v) is 10.1. The minimum Gasteiger partial charge on any atom is -0.464 e. The molecule has 2 atom stereocenters. The molecule has 2 rings (SSSR count). The molecule has 0 saturated heterocycles. The highest BCUT2D eigenvalue weighted by Crippen LogP contribution is 2.34. The standard InChI is InChI=1S/C14H18O3/c1-2-17-14(16)13(15)12-9-5-7-10-6-3-4-8-11(10)12/h3-4,6,8,12-13,15H,2,5,7,9H2,1H3. The van der Waals surface area contributed by atoms with Crippen molar-refractivity contribution in [2.45, 2.75) is 38.2 Å². The maximum Gasteiger partial charge on any atom is 0.335 e. The number of benzene rings is 1. The molecule has 17 heavy (non-hydrogen) atoms. The lowest BCUT2D eigenvalue weighted by Crippen LogP contribution is -2.32. The van der Waals surface area contributed by atoms with Gasteiger partial charge >= 0.3 is 5.97 Å². The first kappa shape index (κ1) is 12.1. The SMILES string of the molecule is CCOC(=O)C(O)C1CCCc2ccccc21. The first-order chi connectivity index (χ1) is 8.24. The van der Waals surface area contributed by atoms with Crippen LogP contribution in [0.3, 0.4) is 0 Å². The molecule has 1 aromatic carbocycles. The van der Waals surface area contributed by atoms with E-state index in [4.69, 9.17) is 4.74 Å². The number of rotatable bonds is 3. The fourth-order valence-corrected chi connectivity index (χ4v) is 2.51. The van der Waals surface area contributed by atoms with Gasteiger partial charge in [-0.05, 0) is 37.3 Å². The number of fused-ring (bicyclic) bond motifs is 1. The molecule has 1 aliphatic rings. The van der Waals surface area contributed by atoms with Crippen molar-refractivity contribution in [2.75, 3.05) is 6.61 Å². The van der Waals surface area contributed by atoms with E-state index in [1.807, 2.05) is 18.2 Å². The molecule has 0 saturated carbocycles. The van der Waals surface area contributed by atoms with Gasteiger partial charge in [-0.25, -0.2) is 4.79 Å². The summed E-state index contributed by atoms with van der Waals surface area (Å²) in [4.78, 5) is 11.6. The number of hydrogen-bond acceptors (Lipinski definition) is 3. The summed E-state index contributed by atoms with van der Waals surface area (Å²) in [5.41, 5.74) is 2.34. The van der Waals surface area contributed by atoms with E-state index >= 15 is 0 Å². The third-order valence-electron chi connectivity index (χ3n) is 3.33. The summed E-state index contributed by atoms with van der Waals surface area (Å²) in [5.74, 6) is -0.617. The van der Waals surface area contributed by atoms with Crippen molar-refractivity contribution in [1.29, 1.82) is 0 Å². The second-order valence-corrected chi connectivity index (χ2v) is 4.39. The van der Waals surface area contributed by atoms with E-state index in [0.29, 0.717) is 6.61 Å². The molecule has 92 valence electrons. The summed E-state index contributed by atoms with van der Waals surface area (Å²) in [7, 11) is 0. The Morgan fingerprint density at radius 1 is 1.53 bits per heavy atom. The predicted octanol–water partition coefficient (Wildman–Crippen LogP) is 2.03. The third-order valence-corrected chi connectivity index (χ3v) is 3.33. The highest BCUT2D eigenvalue weighted by atomic mass is 16.5. The van der Waals surface area contributed by atoms with Gasteiger partial charge in [0.15, 0.2) is 6.10 Å². The summed E-state index contributed by atoms with van der Waals surface area (Å²) >= 11 is 0. The Bertz CT molecular complexity index is 400. The Morgan fingerprint density at radius 2 is 2.29 bits per heavy atom. The van der Waals surface area contributed by atoms with Crippen LogP contribution in [0.2, 0.25) is 0 Å². The Hall–Kier alpha value is -1.35. The quantitative estimate of drug-likeness (QED) is 0.814. The third kappa shape index (κ3) is 2.50. The van der Waals surface area contributed by atoms with Gasteiger partial charge in [0.2, 0.25) is 0 Å². The summed E-state index contributed by atoms with van der Waals surface area (Å²) in [5, 5.41) is 10.0. The molecular weight excluding hydrogens is 216 g/mol. The van der Waals surface area contributed by atoms with Crippen LogP contribution in [0, 0.1) is 0 Å². The number of hydrogen-bond donors (Lipinski definition) is 1. The van der Waals surface area contributed by atoms with Crippen LogP contribution in [-0.4, -0.2) is 23.8 Å². The van der Waals surface area contributed by atoms with Crippen molar-refractivity contribution >= 4 is 5.97 Å². The van der Waals surface area contributed by atoms with Crippen LogP contribution >= 0.6 is 0 Å². The molecule has 1 aromatic rings. The van der Waals surface area contributed by atoms with Gasteiger partial charge in [0.1, 0.15) is 0 Å². The number of aliphatic hydroxyl groups is 1. The molecule has 2 unspecified atom stereocenters. The lowest BCUT2D eigenvalue weighted by atomic mass is 9.80. The maximum atomic E-state index is 11.6. The number of aliphatic hydroxyl groups excluding tert-OH is 1. The Morgan fingerprint density at radius 3 is 3.06 bits per heavy atom. The Balaban J connectivity index is 2.20. The van der Waals surface area contributed by atoms with Crippen molar-refractivity contribution in [3.8, 4) is 0 Å². The molecular formula is C14H18O3. The first-order valence-corrected chi connectivity index (χ1v) is 6.16. The monoisotopic (exact) mass is 234 g/mol. The second-order valence-electron chi connectivity index (χ2n) is 4.39. The van der Waals surface area contributed by atoms with Gasteiger partial charge in [0.05, 0.1) is 6.61 Å². The second kappa shape index (κ2) is 5.32. The van der Waals surface area contributed by atoms with Gasteiger partial charge < -0.3 is 9.84 Å². The van der Waals surface area contributed by atoms with E-state index in [2.05, 4.69) is 6.07 Å². The molecule has 0 radical (unpaired) electrons. The lowest BCUT2D eigenvalue weighted by molar-refractivity contribution is -0.154. The van der Waals surface area contributed by atoms with Crippen LogP contribution < -0.4 is 0 Å². The molecule has 3 nitrogen and oxygen atoms in total. The molecule has 0 aromatic heterocycles. The fourth-order valence-electron chi connectivity index (χ4n) is 2.51. The number of ether oxygens (including phenoxy) is 1. The average molecular weight is 234 g/mol. The zero-order valence-electron chi connectivity index (χ0n) is 10.1. The lowest BCUT2D eigenvalue weighted by Gasteiger charge is -2.28. The highest BCUT2D eigenvalue weighted by molar-refractivity contribution is 5.76. The summed E-state index contributed by atoms with van der Waals surface area (Å²) in [6, 6.07) is 8.02. The molecule has 1 aliphatic carbocycles. The van der Waals surface area contributed by atoms with E-state index in [1.165, 1.54) is 5.56 Å². The van der Waals surface area contributed by atoms with Gasteiger partial charge in [-0.3, -0.25) is 0 Å². The van der Waals surface area contributed by atoms with Crippen molar-refractivity contribution in [3.05, 3.63) is 35.4 Å². The molecule has 3 heteroatoms. The summed E-state index contributed by atoms with van der Waals surface area (Å²) < 4.78 is 4.88. The molecule has 0 bridgehead atoms. The van der Waals surface area contributed by atoms with Crippen LogP contribution in [0.5, 0.6) is 0 Å². The number of aryl methyl sites for hydroxylation is 1.